The lowest BCUT2D eigenvalue weighted by Gasteiger charge is -2.28. The summed E-state index contributed by atoms with van der Waals surface area (Å²) < 4.78 is 5.74. The summed E-state index contributed by atoms with van der Waals surface area (Å²) >= 11 is 0. The number of ether oxygens (including phenoxy) is 1. The predicted molar refractivity (Wildman–Crippen MR) is 61.0 cm³/mol. The maximum Gasteiger partial charge on any atom is 0.119 e. The van der Waals surface area contributed by atoms with Crippen molar-refractivity contribution in [2.24, 2.45) is 5.92 Å². The Morgan fingerprint density at radius 1 is 1.33 bits per heavy atom. The van der Waals surface area contributed by atoms with Gasteiger partial charge in [-0.15, -0.1) is 0 Å². The van der Waals surface area contributed by atoms with Crippen molar-refractivity contribution in [3.05, 3.63) is 30.3 Å². The van der Waals surface area contributed by atoms with E-state index in [0.717, 1.165) is 18.3 Å². The van der Waals surface area contributed by atoms with Gasteiger partial charge in [0.25, 0.3) is 0 Å². The first-order valence-corrected chi connectivity index (χ1v) is 5.62. The first kappa shape index (κ1) is 10.5. The van der Waals surface area contributed by atoms with Crippen molar-refractivity contribution in [3.63, 3.8) is 0 Å². The van der Waals surface area contributed by atoms with Gasteiger partial charge in [-0.2, -0.15) is 0 Å². The van der Waals surface area contributed by atoms with Gasteiger partial charge in [0.2, 0.25) is 0 Å². The van der Waals surface area contributed by atoms with E-state index in [2.05, 4.69) is 18.0 Å². The second kappa shape index (κ2) is 5.17. The summed E-state index contributed by atoms with van der Waals surface area (Å²) in [6.45, 7) is 3.27. The molecule has 0 unspecified atom stereocenters. The SMILES string of the molecule is CN1CCC(COc2cc[c]cc2)CC1. The maximum absolute atomic E-state index is 5.74. The number of hydrogen-bond donors (Lipinski definition) is 0. The molecule has 0 atom stereocenters. The largest absolute Gasteiger partial charge is 0.493 e. The van der Waals surface area contributed by atoms with E-state index in [1.165, 1.54) is 25.9 Å². The van der Waals surface area contributed by atoms with Crippen molar-refractivity contribution in [1.29, 1.82) is 0 Å². The predicted octanol–water partition coefficient (Wildman–Crippen LogP) is 2.21. The van der Waals surface area contributed by atoms with Gasteiger partial charge < -0.3 is 9.64 Å². The van der Waals surface area contributed by atoms with Crippen LogP contribution in [0.5, 0.6) is 5.75 Å². The fourth-order valence-electron chi connectivity index (χ4n) is 1.91. The van der Waals surface area contributed by atoms with Crippen LogP contribution in [0.1, 0.15) is 12.8 Å². The fraction of sp³-hybridized carbons (Fsp3) is 0.538. The van der Waals surface area contributed by atoms with Crippen LogP contribution in [0.3, 0.4) is 0 Å². The number of nitrogens with zero attached hydrogens (tertiary/aromatic N) is 1. The van der Waals surface area contributed by atoms with E-state index in [9.17, 15) is 0 Å². The number of benzene rings is 1. The molecule has 0 spiro atoms. The molecule has 1 heterocycles. The molecule has 2 nitrogen and oxygen atoms in total. The number of piperidine rings is 1. The van der Waals surface area contributed by atoms with Gasteiger partial charge in [0.1, 0.15) is 5.75 Å². The normalized spacial score (nSPS) is 19.0. The quantitative estimate of drug-likeness (QED) is 0.748. The molecule has 1 aromatic carbocycles. The highest BCUT2D eigenvalue weighted by atomic mass is 16.5. The molecule has 1 fully saturated rings. The van der Waals surface area contributed by atoms with E-state index in [0.29, 0.717) is 0 Å². The molecule has 15 heavy (non-hydrogen) atoms. The summed E-state index contributed by atoms with van der Waals surface area (Å²) in [5.41, 5.74) is 0. The third kappa shape index (κ3) is 3.24. The fourth-order valence-corrected chi connectivity index (χ4v) is 1.91. The third-order valence-electron chi connectivity index (χ3n) is 3.01. The Labute approximate surface area is 91.9 Å². The van der Waals surface area contributed by atoms with Gasteiger partial charge in [-0.25, -0.2) is 0 Å². The Balaban J connectivity index is 1.74. The van der Waals surface area contributed by atoms with E-state index < -0.39 is 0 Å². The van der Waals surface area contributed by atoms with E-state index in [4.69, 9.17) is 4.74 Å². The highest BCUT2D eigenvalue weighted by Crippen LogP contribution is 2.18. The van der Waals surface area contributed by atoms with Gasteiger partial charge in [0.05, 0.1) is 6.61 Å². The third-order valence-corrected chi connectivity index (χ3v) is 3.01. The van der Waals surface area contributed by atoms with E-state index in [-0.39, 0.29) is 0 Å². The number of rotatable bonds is 3. The van der Waals surface area contributed by atoms with Gasteiger partial charge >= 0.3 is 0 Å². The molecule has 1 aliphatic heterocycles. The van der Waals surface area contributed by atoms with Crippen LogP contribution < -0.4 is 4.74 Å². The Kier molecular flexibility index (Phi) is 3.62. The van der Waals surface area contributed by atoms with Crippen molar-refractivity contribution in [2.75, 3.05) is 26.7 Å². The van der Waals surface area contributed by atoms with Crippen molar-refractivity contribution >= 4 is 0 Å². The van der Waals surface area contributed by atoms with E-state index in [1.807, 2.05) is 24.3 Å². The molecule has 81 valence electrons. The Morgan fingerprint density at radius 3 is 2.67 bits per heavy atom. The van der Waals surface area contributed by atoms with E-state index in [1.54, 1.807) is 0 Å². The molecule has 1 saturated heterocycles. The van der Waals surface area contributed by atoms with Crippen molar-refractivity contribution in [3.8, 4) is 5.75 Å². The van der Waals surface area contributed by atoms with Crippen LogP contribution in [0.15, 0.2) is 24.3 Å². The molecular formula is C13H18NO. The first-order valence-electron chi connectivity index (χ1n) is 5.62. The molecule has 2 rings (SSSR count). The van der Waals surface area contributed by atoms with E-state index >= 15 is 0 Å². The van der Waals surface area contributed by atoms with Crippen molar-refractivity contribution in [1.82, 2.24) is 4.90 Å². The minimum Gasteiger partial charge on any atom is -0.493 e. The highest BCUT2D eigenvalue weighted by molar-refractivity contribution is 5.20. The molecule has 1 radical (unpaired) electrons. The summed E-state index contributed by atoms with van der Waals surface area (Å²) in [4.78, 5) is 2.38. The molecule has 1 aromatic rings. The van der Waals surface area contributed by atoms with Gasteiger partial charge in [0.15, 0.2) is 0 Å². The zero-order valence-electron chi connectivity index (χ0n) is 9.28. The first-order chi connectivity index (χ1) is 7.34. The smallest absolute Gasteiger partial charge is 0.119 e. The topological polar surface area (TPSA) is 12.5 Å². The lowest BCUT2D eigenvalue weighted by molar-refractivity contribution is 0.160. The van der Waals surface area contributed by atoms with Crippen LogP contribution in [0.4, 0.5) is 0 Å². The molecule has 0 bridgehead atoms. The maximum atomic E-state index is 5.74. The van der Waals surface area contributed by atoms with Gasteiger partial charge in [-0.05, 0) is 57.1 Å². The minimum absolute atomic E-state index is 0.727. The van der Waals surface area contributed by atoms with Crippen LogP contribution in [0.25, 0.3) is 0 Å². The molecule has 0 N–H and O–H groups in total. The molecule has 2 heteroatoms. The van der Waals surface area contributed by atoms with Crippen LogP contribution in [-0.4, -0.2) is 31.6 Å². The average molecular weight is 204 g/mol. The summed E-state index contributed by atoms with van der Waals surface area (Å²) in [6, 6.07) is 10.7. The molecule has 0 aromatic heterocycles. The second-order valence-electron chi connectivity index (χ2n) is 4.29. The molecule has 0 amide bonds. The lowest BCUT2D eigenvalue weighted by Crippen LogP contribution is -2.32. The zero-order valence-corrected chi connectivity index (χ0v) is 9.28. The highest BCUT2D eigenvalue weighted by Gasteiger charge is 2.16. The minimum atomic E-state index is 0.727. The Morgan fingerprint density at radius 2 is 2.00 bits per heavy atom. The summed E-state index contributed by atoms with van der Waals surface area (Å²) in [7, 11) is 2.18. The van der Waals surface area contributed by atoms with Crippen LogP contribution in [0.2, 0.25) is 0 Å². The Hall–Kier alpha value is -1.02. The second-order valence-corrected chi connectivity index (χ2v) is 4.29. The summed E-state index contributed by atoms with van der Waals surface area (Å²) in [5, 5.41) is 0. The van der Waals surface area contributed by atoms with Crippen LogP contribution in [-0.2, 0) is 0 Å². The molecule has 1 aliphatic rings. The van der Waals surface area contributed by atoms with Gasteiger partial charge in [0, 0.05) is 0 Å². The number of likely N-dealkylation sites (tertiary alicyclic amines) is 1. The summed E-state index contributed by atoms with van der Waals surface area (Å²) in [6.07, 6.45) is 2.52. The molecular weight excluding hydrogens is 186 g/mol. The van der Waals surface area contributed by atoms with Crippen LogP contribution >= 0.6 is 0 Å². The van der Waals surface area contributed by atoms with Crippen molar-refractivity contribution < 1.29 is 4.74 Å². The number of hydrogen-bond acceptors (Lipinski definition) is 2. The van der Waals surface area contributed by atoms with Crippen LogP contribution in [0, 0.1) is 12.0 Å². The average Bonchev–Trinajstić information content (AvgIpc) is 2.30. The molecule has 0 aliphatic carbocycles. The standard InChI is InChI=1S/C13H18NO/c1-14-9-7-12(8-10-14)11-15-13-5-3-2-4-6-13/h3-6,12H,7-11H2,1H3. The lowest BCUT2D eigenvalue weighted by atomic mass is 9.98. The Bertz CT molecular complexity index is 278. The monoisotopic (exact) mass is 204 g/mol. The van der Waals surface area contributed by atoms with Gasteiger partial charge in [-0.1, -0.05) is 12.1 Å². The zero-order chi connectivity index (χ0) is 10.5. The summed E-state index contributed by atoms with van der Waals surface area (Å²) in [5.74, 6) is 1.69. The van der Waals surface area contributed by atoms with Crippen molar-refractivity contribution in [2.45, 2.75) is 12.8 Å². The van der Waals surface area contributed by atoms with Gasteiger partial charge in [-0.3, -0.25) is 0 Å². The molecule has 0 saturated carbocycles.